The van der Waals surface area contributed by atoms with Crippen LogP contribution in [0.5, 0.6) is 0 Å². The molecule has 6 nitrogen and oxygen atoms in total. The SMILES string of the molecule is CCCCCCCCCCOC(=O)CCCCCCN(CCO)CCCCCCCC(=O)OC(CCCCCCCC)CCCCCCCCCC. The molecule has 0 saturated carbocycles. The van der Waals surface area contributed by atoms with E-state index in [1.807, 2.05) is 0 Å². The van der Waals surface area contributed by atoms with Crippen LogP contribution in [0.4, 0.5) is 0 Å². The summed E-state index contributed by atoms with van der Waals surface area (Å²) in [7, 11) is 0. The molecule has 310 valence electrons. The van der Waals surface area contributed by atoms with E-state index in [4.69, 9.17) is 9.47 Å². The third-order valence-corrected chi connectivity index (χ3v) is 10.7. The van der Waals surface area contributed by atoms with E-state index in [-0.39, 0.29) is 24.6 Å². The average Bonchev–Trinajstić information content (AvgIpc) is 3.14. The van der Waals surface area contributed by atoms with Crippen molar-refractivity contribution in [2.24, 2.45) is 0 Å². The minimum atomic E-state index is -0.0384. The van der Waals surface area contributed by atoms with Gasteiger partial charge in [0.25, 0.3) is 0 Å². The lowest BCUT2D eigenvalue weighted by Gasteiger charge is -2.21. The van der Waals surface area contributed by atoms with E-state index in [0.29, 0.717) is 19.4 Å². The van der Waals surface area contributed by atoms with Gasteiger partial charge in [-0.3, -0.25) is 9.59 Å². The van der Waals surface area contributed by atoms with Gasteiger partial charge in [0.15, 0.2) is 0 Å². The Morgan fingerprint density at radius 2 is 0.808 bits per heavy atom. The van der Waals surface area contributed by atoms with Crippen molar-refractivity contribution < 1.29 is 24.2 Å². The number of ether oxygens (including phenoxy) is 2. The molecule has 0 aromatic rings. The van der Waals surface area contributed by atoms with Gasteiger partial charge >= 0.3 is 11.9 Å². The molecule has 1 N–H and O–H groups in total. The molecule has 0 aliphatic heterocycles. The van der Waals surface area contributed by atoms with Gasteiger partial charge in [0.1, 0.15) is 6.10 Å². The molecule has 0 aromatic carbocycles. The Hall–Kier alpha value is -1.14. The summed E-state index contributed by atoms with van der Waals surface area (Å²) in [5, 5.41) is 9.55. The zero-order valence-electron chi connectivity index (χ0n) is 35.4. The molecule has 0 aromatic heterocycles. The smallest absolute Gasteiger partial charge is 0.306 e. The Kier molecular flexibility index (Phi) is 41.7. The predicted molar refractivity (Wildman–Crippen MR) is 223 cm³/mol. The van der Waals surface area contributed by atoms with Crippen LogP contribution in [0.25, 0.3) is 0 Å². The Bertz CT molecular complexity index is 732. The summed E-state index contributed by atoms with van der Waals surface area (Å²) >= 11 is 0. The predicted octanol–water partition coefficient (Wildman–Crippen LogP) is 13.4. The van der Waals surface area contributed by atoms with E-state index in [1.165, 1.54) is 135 Å². The second kappa shape index (κ2) is 42.6. The molecule has 0 aliphatic carbocycles. The van der Waals surface area contributed by atoms with E-state index in [9.17, 15) is 14.7 Å². The van der Waals surface area contributed by atoms with Crippen LogP contribution in [-0.4, -0.2) is 60.9 Å². The van der Waals surface area contributed by atoms with E-state index in [1.54, 1.807) is 0 Å². The third-order valence-electron chi connectivity index (χ3n) is 10.7. The molecular formula is C46H91NO5. The van der Waals surface area contributed by atoms with Crippen molar-refractivity contribution in [2.75, 3.05) is 32.8 Å². The van der Waals surface area contributed by atoms with Gasteiger partial charge in [0.05, 0.1) is 13.2 Å². The minimum Gasteiger partial charge on any atom is -0.466 e. The number of hydrogen-bond acceptors (Lipinski definition) is 6. The first kappa shape index (κ1) is 50.9. The molecule has 0 bridgehead atoms. The van der Waals surface area contributed by atoms with Crippen molar-refractivity contribution in [1.29, 1.82) is 0 Å². The maximum atomic E-state index is 12.7. The number of esters is 2. The first-order valence-electron chi connectivity index (χ1n) is 23.3. The fourth-order valence-corrected chi connectivity index (χ4v) is 7.23. The number of nitrogens with zero attached hydrogens (tertiary/aromatic N) is 1. The summed E-state index contributed by atoms with van der Waals surface area (Å²) in [6.07, 6.45) is 41.2. The van der Waals surface area contributed by atoms with Crippen LogP contribution in [0.2, 0.25) is 0 Å². The summed E-state index contributed by atoms with van der Waals surface area (Å²) in [6.45, 7) is 10.3. The lowest BCUT2D eigenvalue weighted by molar-refractivity contribution is -0.150. The monoisotopic (exact) mass is 738 g/mol. The molecule has 0 radical (unpaired) electrons. The van der Waals surface area contributed by atoms with Gasteiger partial charge in [0, 0.05) is 19.4 Å². The molecule has 0 saturated heterocycles. The highest BCUT2D eigenvalue weighted by Crippen LogP contribution is 2.19. The van der Waals surface area contributed by atoms with E-state index in [2.05, 4.69) is 25.7 Å². The van der Waals surface area contributed by atoms with Crippen LogP contribution in [0, 0.1) is 0 Å². The highest BCUT2D eigenvalue weighted by molar-refractivity contribution is 5.69. The van der Waals surface area contributed by atoms with Crippen molar-refractivity contribution in [3.63, 3.8) is 0 Å². The van der Waals surface area contributed by atoms with Crippen LogP contribution < -0.4 is 0 Å². The lowest BCUT2D eigenvalue weighted by Crippen LogP contribution is -2.29. The standard InChI is InChI=1S/C46H91NO5/c1-4-7-10-13-16-18-22-29-36-44(35-28-21-15-12-9-6-3)52-46(50)38-31-23-20-25-32-39-47(41-42-48)40-33-26-24-30-37-45(49)51-43-34-27-19-17-14-11-8-5-2/h44,48H,4-43H2,1-3H3. The Morgan fingerprint density at radius 3 is 1.25 bits per heavy atom. The first-order chi connectivity index (χ1) is 25.6. The number of aliphatic hydroxyl groups excluding tert-OH is 1. The molecular weight excluding hydrogens is 647 g/mol. The van der Waals surface area contributed by atoms with Crippen molar-refractivity contribution in [1.82, 2.24) is 4.90 Å². The van der Waals surface area contributed by atoms with Gasteiger partial charge in [0.2, 0.25) is 0 Å². The van der Waals surface area contributed by atoms with Gasteiger partial charge in [-0.15, -0.1) is 0 Å². The summed E-state index contributed by atoms with van der Waals surface area (Å²) in [4.78, 5) is 27.2. The largest absolute Gasteiger partial charge is 0.466 e. The number of unbranched alkanes of at least 4 members (excludes halogenated alkanes) is 26. The molecule has 1 unspecified atom stereocenters. The zero-order valence-corrected chi connectivity index (χ0v) is 35.4. The summed E-state index contributed by atoms with van der Waals surface area (Å²) in [6, 6.07) is 0. The second-order valence-corrected chi connectivity index (χ2v) is 15.9. The van der Waals surface area contributed by atoms with E-state index < -0.39 is 0 Å². The highest BCUT2D eigenvalue weighted by Gasteiger charge is 2.14. The van der Waals surface area contributed by atoms with Crippen molar-refractivity contribution >= 4 is 11.9 Å². The highest BCUT2D eigenvalue weighted by atomic mass is 16.5. The summed E-state index contributed by atoms with van der Waals surface area (Å²) in [5.74, 6) is -0.0242. The Morgan fingerprint density at radius 1 is 0.442 bits per heavy atom. The molecule has 0 spiro atoms. The molecule has 6 heteroatoms. The molecule has 0 rings (SSSR count). The Balaban J connectivity index is 3.99. The van der Waals surface area contributed by atoms with E-state index >= 15 is 0 Å². The quantitative estimate of drug-likeness (QED) is 0.0496. The first-order valence-corrected chi connectivity index (χ1v) is 23.3. The summed E-state index contributed by atoms with van der Waals surface area (Å²) in [5.41, 5.74) is 0. The summed E-state index contributed by atoms with van der Waals surface area (Å²) < 4.78 is 11.5. The molecule has 0 amide bonds. The molecule has 0 heterocycles. The van der Waals surface area contributed by atoms with Crippen LogP contribution in [0.15, 0.2) is 0 Å². The minimum absolute atomic E-state index is 0.0142. The van der Waals surface area contributed by atoms with Gasteiger partial charge in [-0.25, -0.2) is 0 Å². The van der Waals surface area contributed by atoms with Crippen LogP contribution in [0.3, 0.4) is 0 Å². The molecule has 1 atom stereocenters. The topological polar surface area (TPSA) is 76.1 Å². The lowest BCUT2D eigenvalue weighted by atomic mass is 10.0. The van der Waals surface area contributed by atoms with Crippen LogP contribution >= 0.6 is 0 Å². The fraction of sp³-hybridized carbons (Fsp3) is 0.957. The maximum Gasteiger partial charge on any atom is 0.306 e. The zero-order chi connectivity index (χ0) is 38.0. The second-order valence-electron chi connectivity index (χ2n) is 15.9. The maximum absolute atomic E-state index is 12.7. The van der Waals surface area contributed by atoms with Crippen LogP contribution in [-0.2, 0) is 19.1 Å². The number of hydrogen-bond donors (Lipinski definition) is 1. The van der Waals surface area contributed by atoms with Gasteiger partial charge in [-0.2, -0.15) is 0 Å². The van der Waals surface area contributed by atoms with Crippen molar-refractivity contribution in [3.8, 4) is 0 Å². The molecule has 52 heavy (non-hydrogen) atoms. The van der Waals surface area contributed by atoms with Gasteiger partial charge in [-0.05, 0) is 70.9 Å². The van der Waals surface area contributed by atoms with Crippen LogP contribution in [0.1, 0.15) is 245 Å². The normalized spacial score (nSPS) is 12.1. The van der Waals surface area contributed by atoms with Crippen molar-refractivity contribution in [2.45, 2.75) is 252 Å². The van der Waals surface area contributed by atoms with Gasteiger partial charge in [-0.1, -0.05) is 175 Å². The molecule has 0 aliphatic rings. The van der Waals surface area contributed by atoms with E-state index in [0.717, 1.165) is 96.7 Å². The number of rotatable bonds is 43. The number of carbonyl (C=O) groups excluding carboxylic acids is 2. The molecule has 0 fully saturated rings. The van der Waals surface area contributed by atoms with Gasteiger partial charge < -0.3 is 19.5 Å². The third kappa shape index (κ3) is 38.6. The number of carbonyl (C=O) groups is 2. The average molecular weight is 738 g/mol. The van der Waals surface area contributed by atoms with Crippen molar-refractivity contribution in [3.05, 3.63) is 0 Å². The Labute approximate surface area is 324 Å². The number of aliphatic hydroxyl groups is 1. The fourth-order valence-electron chi connectivity index (χ4n) is 7.23.